The van der Waals surface area contributed by atoms with Crippen LogP contribution in [-0.2, 0) is 4.74 Å². The number of rotatable bonds is 6. The summed E-state index contributed by atoms with van der Waals surface area (Å²) in [5.74, 6) is 1.44. The summed E-state index contributed by atoms with van der Waals surface area (Å²) in [6.07, 6.45) is 6.73. The summed E-state index contributed by atoms with van der Waals surface area (Å²) in [5, 5.41) is 9.38. The van der Waals surface area contributed by atoms with Gasteiger partial charge < -0.3 is 29.3 Å². The Morgan fingerprint density at radius 2 is 1.61 bits per heavy atom. The number of nitrogens with zero attached hydrogens (tertiary/aromatic N) is 3. The predicted octanol–water partition coefficient (Wildman–Crippen LogP) is 4.80. The topological polar surface area (TPSA) is 65.5 Å². The molecule has 1 amide bonds. The van der Waals surface area contributed by atoms with E-state index in [9.17, 15) is 9.90 Å². The highest BCUT2D eigenvalue weighted by molar-refractivity contribution is 5.71. The number of morpholine rings is 1. The van der Waals surface area contributed by atoms with Gasteiger partial charge in [0.15, 0.2) is 0 Å². The summed E-state index contributed by atoms with van der Waals surface area (Å²) in [7, 11) is 1.75. The van der Waals surface area contributed by atoms with Gasteiger partial charge in [-0.05, 0) is 48.6 Å². The van der Waals surface area contributed by atoms with Crippen LogP contribution < -0.4 is 14.5 Å². The minimum Gasteiger partial charge on any atom is -0.495 e. The van der Waals surface area contributed by atoms with Gasteiger partial charge in [0, 0.05) is 51.0 Å². The minimum atomic E-state index is -0.821. The van der Waals surface area contributed by atoms with Crippen LogP contribution in [0.2, 0.25) is 0 Å². The van der Waals surface area contributed by atoms with E-state index in [4.69, 9.17) is 9.47 Å². The fraction of sp³-hybridized carbons (Fsp3) is 0.731. The molecule has 1 aromatic carbocycles. The van der Waals surface area contributed by atoms with Crippen LogP contribution in [0.15, 0.2) is 12.1 Å². The molecule has 2 aliphatic heterocycles. The van der Waals surface area contributed by atoms with Gasteiger partial charge in [0.1, 0.15) is 5.75 Å². The van der Waals surface area contributed by atoms with Crippen LogP contribution in [0.1, 0.15) is 63.9 Å². The number of carbonyl (C=O) groups is 1. The Balaban J connectivity index is 1.66. The van der Waals surface area contributed by atoms with E-state index >= 15 is 0 Å². The highest BCUT2D eigenvalue weighted by atomic mass is 16.5. The van der Waals surface area contributed by atoms with Gasteiger partial charge in [0.25, 0.3) is 0 Å². The molecule has 0 unspecified atom stereocenters. The molecule has 1 N–H and O–H groups in total. The van der Waals surface area contributed by atoms with E-state index in [1.165, 1.54) is 60.4 Å². The van der Waals surface area contributed by atoms with E-state index in [2.05, 4.69) is 35.8 Å². The summed E-state index contributed by atoms with van der Waals surface area (Å²) < 4.78 is 11.5. The molecule has 7 heteroatoms. The van der Waals surface area contributed by atoms with E-state index in [0.717, 1.165) is 45.1 Å². The summed E-state index contributed by atoms with van der Waals surface area (Å²) in [5.41, 5.74) is 4.33. The van der Waals surface area contributed by atoms with Gasteiger partial charge in [-0.2, -0.15) is 0 Å². The number of anilines is 2. The predicted molar refractivity (Wildman–Crippen MR) is 132 cm³/mol. The van der Waals surface area contributed by atoms with E-state index < -0.39 is 6.09 Å². The quantitative estimate of drug-likeness (QED) is 0.659. The van der Waals surface area contributed by atoms with E-state index in [1.807, 2.05) is 0 Å². The first kappa shape index (κ1) is 24.0. The first-order chi connectivity index (χ1) is 16.0. The molecule has 0 aromatic heterocycles. The first-order valence-corrected chi connectivity index (χ1v) is 12.8. The fourth-order valence-electron chi connectivity index (χ4n) is 6.03. The SMILES string of the molecule is CCC1(CC)CCC(c2cc(N3CCOCC3)c(OC)cc2N2CCN(C(=O)O)CC2)CC1. The maximum Gasteiger partial charge on any atom is 0.407 e. The number of methoxy groups -OCH3 is 1. The molecular weight excluding hydrogens is 418 g/mol. The molecule has 0 spiro atoms. The third kappa shape index (κ3) is 5.03. The van der Waals surface area contributed by atoms with Crippen LogP contribution in [0.5, 0.6) is 5.75 Å². The molecule has 3 aliphatic rings. The lowest BCUT2D eigenvalue weighted by atomic mass is 9.66. The highest BCUT2D eigenvalue weighted by Gasteiger charge is 2.35. The Morgan fingerprint density at radius 3 is 2.15 bits per heavy atom. The largest absolute Gasteiger partial charge is 0.495 e. The summed E-state index contributed by atoms with van der Waals surface area (Å²) in [6, 6.07) is 4.61. The third-order valence-electron chi connectivity index (χ3n) is 8.56. The van der Waals surface area contributed by atoms with Gasteiger partial charge >= 0.3 is 6.09 Å². The molecule has 2 heterocycles. The van der Waals surface area contributed by atoms with Crippen LogP contribution in [0, 0.1) is 5.41 Å². The minimum absolute atomic E-state index is 0.503. The molecule has 184 valence electrons. The smallest absolute Gasteiger partial charge is 0.407 e. The zero-order valence-corrected chi connectivity index (χ0v) is 20.6. The third-order valence-corrected chi connectivity index (χ3v) is 8.56. The molecular formula is C26H41N3O4. The first-order valence-electron chi connectivity index (χ1n) is 12.8. The summed E-state index contributed by atoms with van der Waals surface area (Å²) in [4.78, 5) is 17.7. The van der Waals surface area contributed by atoms with E-state index in [0.29, 0.717) is 24.4 Å². The van der Waals surface area contributed by atoms with Crippen molar-refractivity contribution >= 4 is 17.5 Å². The molecule has 3 fully saturated rings. The van der Waals surface area contributed by atoms with E-state index in [-0.39, 0.29) is 0 Å². The van der Waals surface area contributed by atoms with Crippen molar-refractivity contribution in [3.05, 3.63) is 17.7 Å². The van der Waals surface area contributed by atoms with Gasteiger partial charge in [-0.15, -0.1) is 0 Å². The monoisotopic (exact) mass is 459 g/mol. The maximum atomic E-state index is 11.4. The van der Waals surface area contributed by atoms with Gasteiger partial charge in [-0.3, -0.25) is 0 Å². The number of amides is 1. The molecule has 0 atom stereocenters. The number of hydrogen-bond acceptors (Lipinski definition) is 5. The van der Waals surface area contributed by atoms with Crippen LogP contribution in [0.25, 0.3) is 0 Å². The number of piperazine rings is 1. The Labute approximate surface area is 198 Å². The number of hydrogen-bond donors (Lipinski definition) is 1. The standard InChI is InChI=1S/C26H41N3O4/c1-4-26(5-2)8-6-20(7-9-26)21-18-23(28-14-16-33-17-15-28)24(32-3)19-22(21)27-10-12-29(13-11-27)25(30)31/h18-20H,4-17H2,1-3H3,(H,30,31). The Bertz CT molecular complexity index is 802. The molecule has 1 aliphatic carbocycles. The highest BCUT2D eigenvalue weighted by Crippen LogP contribution is 2.50. The van der Waals surface area contributed by atoms with Gasteiger partial charge in [-0.1, -0.05) is 26.7 Å². The van der Waals surface area contributed by atoms with Crippen molar-refractivity contribution in [1.29, 1.82) is 0 Å². The second-order valence-electron chi connectivity index (χ2n) is 9.92. The molecule has 1 saturated carbocycles. The average molecular weight is 460 g/mol. The lowest BCUT2D eigenvalue weighted by Crippen LogP contribution is -2.48. The van der Waals surface area contributed by atoms with Gasteiger partial charge in [-0.25, -0.2) is 4.79 Å². The number of ether oxygens (including phenoxy) is 2. The normalized spacial score (nSPS) is 21.8. The zero-order chi connectivity index (χ0) is 23.4. The fourth-order valence-corrected chi connectivity index (χ4v) is 6.03. The Hall–Kier alpha value is -2.15. The van der Waals surface area contributed by atoms with Crippen LogP contribution in [-0.4, -0.2) is 75.7 Å². The van der Waals surface area contributed by atoms with Crippen LogP contribution in [0.4, 0.5) is 16.2 Å². The average Bonchev–Trinajstić information content (AvgIpc) is 2.88. The lowest BCUT2D eigenvalue weighted by Gasteiger charge is -2.42. The van der Waals surface area contributed by atoms with Crippen molar-refractivity contribution in [2.45, 2.75) is 58.3 Å². The molecule has 1 aromatic rings. The number of benzene rings is 1. The van der Waals surface area contributed by atoms with Crippen molar-refractivity contribution in [3.63, 3.8) is 0 Å². The molecule has 2 saturated heterocycles. The molecule has 33 heavy (non-hydrogen) atoms. The molecule has 7 nitrogen and oxygen atoms in total. The van der Waals surface area contributed by atoms with Crippen LogP contribution >= 0.6 is 0 Å². The van der Waals surface area contributed by atoms with Crippen molar-refractivity contribution in [2.24, 2.45) is 5.41 Å². The zero-order valence-electron chi connectivity index (χ0n) is 20.6. The van der Waals surface area contributed by atoms with Crippen molar-refractivity contribution < 1.29 is 19.4 Å². The van der Waals surface area contributed by atoms with Crippen molar-refractivity contribution in [1.82, 2.24) is 4.90 Å². The van der Waals surface area contributed by atoms with Gasteiger partial charge in [0.05, 0.1) is 26.0 Å². The number of carboxylic acid groups (broad SMARTS) is 1. The van der Waals surface area contributed by atoms with Crippen molar-refractivity contribution in [2.75, 3.05) is 69.4 Å². The van der Waals surface area contributed by atoms with Gasteiger partial charge in [0.2, 0.25) is 0 Å². The second-order valence-corrected chi connectivity index (χ2v) is 9.92. The molecule has 0 bridgehead atoms. The summed E-state index contributed by atoms with van der Waals surface area (Å²) in [6.45, 7) is 10.5. The Morgan fingerprint density at radius 1 is 1.00 bits per heavy atom. The Kier molecular flexibility index (Phi) is 7.57. The van der Waals surface area contributed by atoms with Crippen molar-refractivity contribution in [3.8, 4) is 5.75 Å². The van der Waals surface area contributed by atoms with Crippen LogP contribution in [0.3, 0.4) is 0 Å². The summed E-state index contributed by atoms with van der Waals surface area (Å²) >= 11 is 0. The van der Waals surface area contributed by atoms with E-state index in [1.54, 1.807) is 7.11 Å². The molecule has 4 rings (SSSR count). The second kappa shape index (κ2) is 10.4. The maximum absolute atomic E-state index is 11.4. The molecule has 0 radical (unpaired) electrons. The lowest BCUT2D eigenvalue weighted by molar-refractivity contribution is 0.122.